The van der Waals surface area contributed by atoms with Crippen molar-refractivity contribution in [3.63, 3.8) is 0 Å². The summed E-state index contributed by atoms with van der Waals surface area (Å²) >= 11 is 0. The molecule has 3 heterocycles. The van der Waals surface area contributed by atoms with Gasteiger partial charge in [-0.05, 0) is 29.9 Å². The molecule has 2 bridgehead atoms. The van der Waals surface area contributed by atoms with E-state index in [-0.39, 0.29) is 17.6 Å². The van der Waals surface area contributed by atoms with Gasteiger partial charge in [-0.25, -0.2) is 0 Å². The van der Waals surface area contributed by atoms with Crippen molar-refractivity contribution in [2.24, 2.45) is 11.8 Å². The van der Waals surface area contributed by atoms with Gasteiger partial charge in [0.25, 0.3) is 5.91 Å². The first-order valence-electron chi connectivity index (χ1n) is 10.9. The topological polar surface area (TPSA) is 75.0 Å². The monoisotopic (exact) mass is 429 g/mol. The number of fused-ring (bicyclic) bond motifs is 6. The van der Waals surface area contributed by atoms with Gasteiger partial charge < -0.3 is 14.7 Å². The molecule has 3 atom stereocenters. The average Bonchev–Trinajstić information content (AvgIpc) is 3.56. The van der Waals surface area contributed by atoms with E-state index in [0.29, 0.717) is 31.7 Å². The first-order valence-corrected chi connectivity index (χ1v) is 10.9. The largest absolute Gasteiger partial charge is 0.502 e. The zero-order valence-corrected chi connectivity index (χ0v) is 17.4. The van der Waals surface area contributed by atoms with Crippen LogP contribution >= 0.6 is 0 Å². The molecule has 2 aromatic carbocycles. The van der Waals surface area contributed by atoms with Crippen molar-refractivity contribution in [3.8, 4) is 11.5 Å². The predicted octanol–water partition coefficient (Wildman–Crippen LogP) is 2.72. The van der Waals surface area contributed by atoms with Crippen LogP contribution in [-0.2, 0) is 0 Å². The Labute approximate surface area is 185 Å². The molecule has 1 aromatic heterocycles. The molecule has 162 valence electrons. The summed E-state index contributed by atoms with van der Waals surface area (Å²) in [6.07, 6.45) is 2.58. The van der Waals surface area contributed by atoms with E-state index in [2.05, 4.69) is 0 Å². The van der Waals surface area contributed by atoms with Gasteiger partial charge in [0.1, 0.15) is 18.5 Å². The second-order valence-electron chi connectivity index (χ2n) is 8.75. The minimum Gasteiger partial charge on any atom is -0.502 e. The Hall–Kier alpha value is -3.74. The molecule has 32 heavy (non-hydrogen) atoms. The molecule has 3 aliphatic rings. The SMILES string of the molecule is O=C1c2c(O)c(=O)ccn2N2CN1C[C@@H]1C[C@H]1COc1ccccc1[C@@H]2c1ccccc1. The lowest BCUT2D eigenvalue weighted by molar-refractivity contribution is 0.0667. The maximum atomic E-state index is 13.4. The van der Waals surface area contributed by atoms with Crippen LogP contribution < -0.4 is 15.2 Å². The summed E-state index contributed by atoms with van der Waals surface area (Å²) in [5.74, 6) is 0.730. The van der Waals surface area contributed by atoms with Crippen LogP contribution in [0.25, 0.3) is 0 Å². The molecule has 1 amide bonds. The van der Waals surface area contributed by atoms with Crippen molar-refractivity contribution in [2.75, 3.05) is 24.8 Å². The van der Waals surface area contributed by atoms with Crippen LogP contribution in [0.3, 0.4) is 0 Å². The van der Waals surface area contributed by atoms with E-state index in [4.69, 9.17) is 4.74 Å². The van der Waals surface area contributed by atoms with Crippen LogP contribution in [-0.4, -0.2) is 40.4 Å². The number of carbonyl (C=O) groups is 1. The molecule has 7 nitrogen and oxygen atoms in total. The van der Waals surface area contributed by atoms with E-state index in [1.807, 2.05) is 59.6 Å². The molecular weight excluding hydrogens is 406 g/mol. The van der Waals surface area contributed by atoms with Crippen LogP contribution in [0.2, 0.25) is 0 Å². The Morgan fingerprint density at radius 1 is 0.938 bits per heavy atom. The quantitative estimate of drug-likeness (QED) is 0.644. The number of aromatic nitrogens is 1. The summed E-state index contributed by atoms with van der Waals surface area (Å²) in [5.41, 5.74) is 1.45. The van der Waals surface area contributed by atoms with E-state index in [0.717, 1.165) is 23.3 Å². The van der Waals surface area contributed by atoms with Gasteiger partial charge in [0, 0.05) is 24.4 Å². The molecular formula is C25H23N3O4. The lowest BCUT2D eigenvalue weighted by Crippen LogP contribution is -2.55. The molecule has 7 heteroatoms. The predicted molar refractivity (Wildman–Crippen MR) is 118 cm³/mol. The van der Waals surface area contributed by atoms with Crippen molar-refractivity contribution in [1.82, 2.24) is 9.58 Å². The Morgan fingerprint density at radius 3 is 2.56 bits per heavy atom. The Morgan fingerprint density at radius 2 is 1.72 bits per heavy atom. The highest BCUT2D eigenvalue weighted by Crippen LogP contribution is 2.43. The van der Waals surface area contributed by atoms with Crippen molar-refractivity contribution < 1.29 is 14.6 Å². The van der Waals surface area contributed by atoms with Crippen molar-refractivity contribution >= 4 is 5.91 Å². The van der Waals surface area contributed by atoms with Gasteiger partial charge >= 0.3 is 0 Å². The van der Waals surface area contributed by atoms with Gasteiger partial charge in [-0.3, -0.25) is 19.3 Å². The average molecular weight is 429 g/mol. The third-order valence-electron chi connectivity index (χ3n) is 6.74. The van der Waals surface area contributed by atoms with Gasteiger partial charge in [0.15, 0.2) is 11.4 Å². The highest BCUT2D eigenvalue weighted by molar-refractivity contribution is 5.96. The van der Waals surface area contributed by atoms with Crippen molar-refractivity contribution in [2.45, 2.75) is 12.5 Å². The summed E-state index contributed by atoms with van der Waals surface area (Å²) in [6.45, 7) is 1.52. The first-order chi connectivity index (χ1) is 15.6. The Bertz CT molecular complexity index is 1260. The lowest BCUT2D eigenvalue weighted by Gasteiger charge is -2.44. The number of hydrogen-bond acceptors (Lipinski definition) is 5. The Balaban J connectivity index is 1.61. The highest BCUT2D eigenvalue weighted by atomic mass is 16.5. The van der Waals surface area contributed by atoms with Gasteiger partial charge in [0.2, 0.25) is 5.43 Å². The second-order valence-corrected chi connectivity index (χ2v) is 8.75. The summed E-state index contributed by atoms with van der Waals surface area (Å²) in [4.78, 5) is 27.3. The highest BCUT2D eigenvalue weighted by Gasteiger charge is 2.44. The zero-order valence-electron chi connectivity index (χ0n) is 17.4. The molecule has 0 radical (unpaired) electrons. The lowest BCUT2D eigenvalue weighted by atomic mass is 9.97. The minimum absolute atomic E-state index is 0.0135. The van der Waals surface area contributed by atoms with E-state index in [1.165, 1.54) is 6.07 Å². The zero-order chi connectivity index (χ0) is 21.8. The van der Waals surface area contributed by atoms with Crippen molar-refractivity contribution in [1.29, 1.82) is 0 Å². The fourth-order valence-corrected chi connectivity index (χ4v) is 4.94. The molecule has 0 unspecified atom stereocenters. The summed E-state index contributed by atoms with van der Waals surface area (Å²) in [6, 6.07) is 19.0. The van der Waals surface area contributed by atoms with Gasteiger partial charge in [-0.1, -0.05) is 48.5 Å². The van der Waals surface area contributed by atoms with Crippen LogP contribution in [0.1, 0.15) is 34.1 Å². The summed E-state index contributed by atoms with van der Waals surface area (Å²) < 4.78 is 7.92. The summed E-state index contributed by atoms with van der Waals surface area (Å²) in [5, 5.41) is 12.6. The molecule has 1 fully saturated rings. The van der Waals surface area contributed by atoms with Gasteiger partial charge in [-0.2, -0.15) is 0 Å². The van der Waals surface area contributed by atoms with E-state index < -0.39 is 11.2 Å². The molecule has 1 saturated carbocycles. The van der Waals surface area contributed by atoms with Crippen LogP contribution in [0.5, 0.6) is 11.5 Å². The number of rotatable bonds is 1. The molecule has 3 aromatic rings. The molecule has 0 spiro atoms. The Kier molecular flexibility index (Phi) is 4.24. The minimum atomic E-state index is -0.556. The normalized spacial score (nSPS) is 23.9. The van der Waals surface area contributed by atoms with Crippen LogP contribution in [0.15, 0.2) is 71.7 Å². The maximum Gasteiger partial charge on any atom is 0.277 e. The third kappa shape index (κ3) is 2.96. The van der Waals surface area contributed by atoms with E-state index in [9.17, 15) is 14.7 Å². The molecule has 1 aliphatic carbocycles. The number of pyridine rings is 1. The fourth-order valence-electron chi connectivity index (χ4n) is 4.94. The first kappa shape index (κ1) is 19.0. The number of benzene rings is 2. The van der Waals surface area contributed by atoms with Crippen LogP contribution in [0, 0.1) is 11.8 Å². The second kappa shape index (κ2) is 7.15. The fraction of sp³-hybridized carbons (Fsp3) is 0.280. The van der Waals surface area contributed by atoms with Crippen LogP contribution in [0.4, 0.5) is 0 Å². The summed E-state index contributed by atoms with van der Waals surface area (Å²) in [7, 11) is 0. The number of hydrogen-bond donors (Lipinski definition) is 1. The number of aromatic hydroxyl groups is 1. The standard InChI is InChI=1S/C25H23N3O4/c29-20-10-11-27-23(24(20)30)25(31)26-13-17-12-18(17)14-32-21-9-5-4-8-19(21)22(28(27)15-26)16-6-2-1-3-7-16/h1-11,17-18,22,30H,12-15H2/t17-,18-,22-/m0/s1. The number of para-hydroxylation sites is 1. The molecule has 0 saturated heterocycles. The number of ether oxygens (including phenoxy) is 1. The van der Waals surface area contributed by atoms with E-state index >= 15 is 0 Å². The third-order valence-corrected chi connectivity index (χ3v) is 6.74. The molecule has 6 rings (SSSR count). The van der Waals surface area contributed by atoms with Gasteiger partial charge in [0.05, 0.1) is 6.61 Å². The number of carbonyl (C=O) groups excluding carboxylic acids is 1. The molecule has 2 aliphatic heterocycles. The van der Waals surface area contributed by atoms with E-state index in [1.54, 1.807) is 15.8 Å². The maximum absolute atomic E-state index is 13.4. The van der Waals surface area contributed by atoms with Crippen molar-refractivity contribution in [3.05, 3.63) is 93.9 Å². The van der Waals surface area contributed by atoms with Gasteiger partial charge in [-0.15, -0.1) is 0 Å². The number of amides is 1. The smallest absolute Gasteiger partial charge is 0.277 e. The number of nitrogens with zero attached hydrogens (tertiary/aromatic N) is 3. The molecule has 1 N–H and O–H groups in total.